The van der Waals surface area contributed by atoms with Crippen molar-refractivity contribution in [2.24, 2.45) is 0 Å². The Morgan fingerprint density at radius 3 is 0.966 bits per heavy atom. The van der Waals surface area contributed by atoms with E-state index < -0.39 is 0 Å². The summed E-state index contributed by atoms with van der Waals surface area (Å²) in [6.45, 7) is 0. The Kier molecular flexibility index (Phi) is 6.30. The minimum atomic E-state index is -0.360. The van der Waals surface area contributed by atoms with Gasteiger partial charge in [-0.05, 0) is 48.5 Å². The zero-order valence-corrected chi connectivity index (χ0v) is 14.4. The first-order chi connectivity index (χ1) is 13.4. The fourth-order valence-corrected chi connectivity index (χ4v) is 2.51. The van der Waals surface area contributed by atoms with Crippen molar-refractivity contribution in [3.05, 3.63) is 72.8 Å². The van der Waals surface area contributed by atoms with Gasteiger partial charge in [0, 0.05) is 24.3 Å². The summed E-state index contributed by atoms with van der Waals surface area (Å²) in [6, 6.07) is 11.7. The van der Waals surface area contributed by atoms with Crippen LogP contribution in [0.4, 0.5) is 11.4 Å². The molecule has 2 aliphatic rings. The maximum Gasteiger partial charge on any atom is 0.258 e. The monoisotopic (exact) mass is 394 g/mol. The Morgan fingerprint density at radius 1 is 0.483 bits per heavy atom. The van der Waals surface area contributed by atoms with Crippen molar-refractivity contribution in [1.29, 1.82) is 0 Å². The Balaban J connectivity index is 0.000000200. The number of amides is 4. The van der Waals surface area contributed by atoms with Gasteiger partial charge in [0.15, 0.2) is 0 Å². The van der Waals surface area contributed by atoms with Crippen molar-refractivity contribution in [2.75, 3.05) is 9.80 Å². The van der Waals surface area contributed by atoms with Crippen LogP contribution in [0.15, 0.2) is 72.8 Å². The van der Waals surface area contributed by atoms with E-state index in [9.17, 15) is 19.2 Å². The molecule has 2 N–H and O–H groups in total. The number of carbonyl (C=O) groups excluding carboxylic acids is 4. The molecule has 0 atom stereocenters. The van der Waals surface area contributed by atoms with E-state index in [1.165, 1.54) is 72.8 Å². The van der Waals surface area contributed by atoms with Crippen LogP contribution < -0.4 is 9.80 Å². The second-order valence-corrected chi connectivity index (χ2v) is 5.72. The van der Waals surface area contributed by atoms with Gasteiger partial charge in [-0.1, -0.05) is 7.43 Å². The maximum atomic E-state index is 11.2. The van der Waals surface area contributed by atoms with E-state index in [1.807, 2.05) is 0 Å². The zero-order valence-electron chi connectivity index (χ0n) is 14.4. The maximum absolute atomic E-state index is 11.2. The Hall–Kier alpha value is -4.20. The lowest BCUT2D eigenvalue weighted by atomic mass is 10.3. The molecule has 2 heterocycles. The van der Waals surface area contributed by atoms with Crippen LogP contribution >= 0.6 is 0 Å². The van der Waals surface area contributed by atoms with Crippen LogP contribution in [0.2, 0.25) is 0 Å². The van der Waals surface area contributed by atoms with Crippen LogP contribution in [-0.2, 0) is 19.2 Å². The molecule has 0 radical (unpaired) electrons. The number of phenolic OH excluding ortho intramolecular Hbond substituents is 2. The number of hydrogen-bond donors (Lipinski definition) is 2. The minimum Gasteiger partial charge on any atom is -0.508 e. The van der Waals surface area contributed by atoms with Gasteiger partial charge in [0.1, 0.15) is 11.5 Å². The van der Waals surface area contributed by atoms with E-state index in [0.717, 1.165) is 9.80 Å². The summed E-state index contributed by atoms with van der Waals surface area (Å²) in [5.74, 6) is -1.25. The number of benzene rings is 2. The Bertz CT molecular complexity index is 887. The number of imide groups is 2. The highest BCUT2D eigenvalue weighted by molar-refractivity contribution is 6.28. The summed E-state index contributed by atoms with van der Waals surface area (Å²) in [6.07, 6.45) is 4.87. The smallest absolute Gasteiger partial charge is 0.258 e. The second kappa shape index (κ2) is 8.66. The predicted molar refractivity (Wildman–Crippen MR) is 106 cm³/mol. The van der Waals surface area contributed by atoms with Crippen molar-refractivity contribution in [2.45, 2.75) is 7.43 Å². The van der Waals surface area contributed by atoms with Crippen molar-refractivity contribution < 1.29 is 29.4 Å². The molecule has 8 heteroatoms. The Morgan fingerprint density at radius 2 is 0.724 bits per heavy atom. The average molecular weight is 394 g/mol. The molecule has 0 unspecified atom stereocenters. The highest BCUT2D eigenvalue weighted by atomic mass is 16.3. The first kappa shape index (κ1) is 21.1. The van der Waals surface area contributed by atoms with Gasteiger partial charge >= 0.3 is 0 Å². The van der Waals surface area contributed by atoms with Crippen LogP contribution in [0.5, 0.6) is 11.5 Å². The molecule has 2 aliphatic heterocycles. The van der Waals surface area contributed by atoms with E-state index in [2.05, 4.69) is 0 Å². The topological polar surface area (TPSA) is 115 Å². The average Bonchev–Trinajstić information content (AvgIpc) is 3.19. The van der Waals surface area contributed by atoms with Crippen molar-refractivity contribution in [3.63, 3.8) is 0 Å². The molecular formula is C21H18N2O6. The molecule has 0 spiro atoms. The molecule has 0 saturated heterocycles. The lowest BCUT2D eigenvalue weighted by molar-refractivity contribution is -0.121. The molecule has 0 saturated carbocycles. The summed E-state index contributed by atoms with van der Waals surface area (Å²) in [4.78, 5) is 47.0. The third-order valence-electron chi connectivity index (χ3n) is 3.83. The number of aromatic hydroxyl groups is 2. The van der Waals surface area contributed by atoms with Crippen LogP contribution in [0.1, 0.15) is 7.43 Å². The van der Waals surface area contributed by atoms with Crippen LogP contribution in [0, 0.1) is 0 Å². The van der Waals surface area contributed by atoms with Crippen LogP contribution in [0.3, 0.4) is 0 Å². The van der Waals surface area contributed by atoms with Crippen molar-refractivity contribution in [1.82, 2.24) is 0 Å². The normalized spacial score (nSPS) is 14.8. The fraction of sp³-hybridized carbons (Fsp3) is 0.0476. The molecule has 0 bridgehead atoms. The summed E-state index contributed by atoms with van der Waals surface area (Å²) >= 11 is 0. The number of anilines is 2. The first-order valence-electron chi connectivity index (χ1n) is 8.07. The van der Waals surface area contributed by atoms with E-state index in [4.69, 9.17) is 10.2 Å². The first-order valence-corrected chi connectivity index (χ1v) is 8.07. The number of rotatable bonds is 2. The molecule has 4 rings (SSSR count). The molecule has 0 fully saturated rings. The van der Waals surface area contributed by atoms with Crippen LogP contribution in [0.25, 0.3) is 0 Å². The summed E-state index contributed by atoms with van der Waals surface area (Å²) in [5.41, 5.74) is 0.922. The number of carbonyl (C=O) groups is 4. The predicted octanol–water partition coefficient (Wildman–Crippen LogP) is 2.28. The number of phenols is 2. The van der Waals surface area contributed by atoms with Gasteiger partial charge in [0.25, 0.3) is 23.6 Å². The lowest BCUT2D eigenvalue weighted by Crippen LogP contribution is -2.29. The molecule has 148 valence electrons. The van der Waals surface area contributed by atoms with Gasteiger partial charge in [0.2, 0.25) is 0 Å². The molecule has 0 aromatic heterocycles. The van der Waals surface area contributed by atoms with Gasteiger partial charge in [-0.2, -0.15) is 0 Å². The van der Waals surface area contributed by atoms with Gasteiger partial charge in [-0.15, -0.1) is 0 Å². The molecule has 4 amide bonds. The standard InChI is InChI=1S/2C10H7NO3.CH4/c2*12-8-3-1-7(2-4-8)11-9(13)5-6-10(11)14;/h2*1-6,12H;1H4. The summed E-state index contributed by atoms with van der Waals surface area (Å²) < 4.78 is 0. The van der Waals surface area contributed by atoms with Gasteiger partial charge < -0.3 is 10.2 Å². The molecule has 8 nitrogen and oxygen atoms in total. The number of nitrogens with zero attached hydrogens (tertiary/aromatic N) is 2. The Labute approximate surface area is 166 Å². The minimum absolute atomic E-state index is 0. The summed E-state index contributed by atoms with van der Waals surface area (Å²) in [7, 11) is 0. The molecule has 2 aromatic carbocycles. The fourth-order valence-electron chi connectivity index (χ4n) is 2.51. The second-order valence-electron chi connectivity index (χ2n) is 5.72. The van der Waals surface area contributed by atoms with E-state index in [-0.39, 0.29) is 42.6 Å². The quantitative estimate of drug-likeness (QED) is 0.755. The third kappa shape index (κ3) is 4.56. The number of hydrogen-bond acceptors (Lipinski definition) is 6. The molecular weight excluding hydrogens is 376 g/mol. The van der Waals surface area contributed by atoms with Gasteiger partial charge in [-0.25, -0.2) is 9.80 Å². The molecule has 0 aliphatic carbocycles. The van der Waals surface area contributed by atoms with Gasteiger partial charge in [-0.3, -0.25) is 19.2 Å². The van der Waals surface area contributed by atoms with Gasteiger partial charge in [0.05, 0.1) is 11.4 Å². The largest absolute Gasteiger partial charge is 0.508 e. The van der Waals surface area contributed by atoms with Crippen molar-refractivity contribution in [3.8, 4) is 11.5 Å². The SMILES string of the molecule is C.O=C1C=CC(=O)N1c1ccc(O)cc1.O=C1C=CC(=O)N1c1ccc(O)cc1. The zero-order chi connectivity index (χ0) is 20.3. The third-order valence-corrected chi connectivity index (χ3v) is 3.83. The van der Waals surface area contributed by atoms with E-state index in [1.54, 1.807) is 0 Å². The van der Waals surface area contributed by atoms with E-state index in [0.29, 0.717) is 11.4 Å². The highest BCUT2D eigenvalue weighted by Gasteiger charge is 2.25. The lowest BCUT2D eigenvalue weighted by Gasteiger charge is -2.13. The van der Waals surface area contributed by atoms with Crippen molar-refractivity contribution >= 4 is 35.0 Å². The molecule has 29 heavy (non-hydrogen) atoms. The summed E-state index contributed by atoms with van der Waals surface area (Å²) in [5, 5.41) is 18.1. The van der Waals surface area contributed by atoms with Crippen LogP contribution in [-0.4, -0.2) is 33.8 Å². The highest BCUT2D eigenvalue weighted by Crippen LogP contribution is 2.22. The van der Waals surface area contributed by atoms with E-state index >= 15 is 0 Å². The molecule has 2 aromatic rings.